The van der Waals surface area contributed by atoms with E-state index in [1.807, 2.05) is 0 Å². The maximum Gasteiger partial charge on any atom is 0.417 e. The largest absolute Gasteiger partial charge is 0.417 e. The molecule has 3 heterocycles. The molecule has 0 fully saturated rings. The molecule has 0 spiro atoms. The average molecular weight is 559 g/mol. The predicted molar refractivity (Wildman–Crippen MR) is 129 cm³/mol. The Kier molecular flexibility index (Phi) is 6.74. The van der Waals surface area contributed by atoms with Crippen LogP contribution in [0.2, 0.25) is 0 Å². The lowest BCUT2D eigenvalue weighted by Crippen LogP contribution is -2.19. The van der Waals surface area contributed by atoms with Gasteiger partial charge in [0.05, 0.1) is 28.1 Å². The zero-order chi connectivity index (χ0) is 27.7. The van der Waals surface area contributed by atoms with E-state index >= 15 is 4.39 Å². The van der Waals surface area contributed by atoms with E-state index in [2.05, 4.69) is 30.6 Å². The molecule has 0 saturated carbocycles. The predicted octanol–water partition coefficient (Wildman–Crippen LogP) is 4.61. The van der Waals surface area contributed by atoms with Crippen LogP contribution in [0.1, 0.15) is 26.6 Å². The number of hydrogen-bond donors (Lipinski definition) is 2. The van der Waals surface area contributed by atoms with E-state index in [9.17, 15) is 27.2 Å². The van der Waals surface area contributed by atoms with Crippen molar-refractivity contribution in [1.82, 2.24) is 29.9 Å². The summed E-state index contributed by atoms with van der Waals surface area (Å²) >= 11 is 0.849. The third kappa shape index (κ3) is 5.43. The van der Waals surface area contributed by atoms with Crippen molar-refractivity contribution in [1.29, 1.82) is 0 Å². The Labute approximate surface area is 219 Å². The number of carbonyl (C=O) groups is 1. The fourth-order valence-corrected chi connectivity index (χ4v) is 4.31. The average Bonchev–Trinajstić information content (AvgIpc) is 3.49. The molecule has 5 rings (SSSR count). The van der Waals surface area contributed by atoms with Crippen molar-refractivity contribution >= 4 is 23.1 Å². The number of amides is 1. The molecule has 15 heteroatoms. The number of nitrogens with zero attached hydrogens (tertiary/aromatic N) is 5. The molecule has 0 aliphatic carbocycles. The van der Waals surface area contributed by atoms with Crippen molar-refractivity contribution in [2.75, 3.05) is 5.32 Å². The van der Waals surface area contributed by atoms with Crippen LogP contribution in [0.4, 0.5) is 27.8 Å². The van der Waals surface area contributed by atoms with Gasteiger partial charge < -0.3 is 5.32 Å². The van der Waals surface area contributed by atoms with E-state index in [4.69, 9.17) is 0 Å². The van der Waals surface area contributed by atoms with Gasteiger partial charge in [-0.15, -0.1) is 0 Å². The maximum atomic E-state index is 15.5. The quantitative estimate of drug-likeness (QED) is 0.293. The van der Waals surface area contributed by atoms with Crippen molar-refractivity contribution in [3.8, 4) is 17.1 Å². The monoisotopic (exact) mass is 559 g/mol. The van der Waals surface area contributed by atoms with E-state index in [-0.39, 0.29) is 17.1 Å². The number of nitrogens with one attached hydrogen (secondary N) is 2. The highest BCUT2D eigenvalue weighted by molar-refractivity contribution is 7.08. The van der Waals surface area contributed by atoms with Gasteiger partial charge in [0, 0.05) is 24.9 Å². The molecular formula is C24H14F5N7O2S. The third-order valence-electron chi connectivity index (χ3n) is 5.37. The summed E-state index contributed by atoms with van der Waals surface area (Å²) in [6.07, 6.45) is -2.57. The highest BCUT2D eigenvalue weighted by Gasteiger charge is 2.37. The van der Waals surface area contributed by atoms with Crippen LogP contribution in [-0.4, -0.2) is 35.9 Å². The Bertz CT molecular complexity index is 1710. The van der Waals surface area contributed by atoms with Crippen LogP contribution in [0.5, 0.6) is 0 Å². The van der Waals surface area contributed by atoms with Gasteiger partial charge in [-0.2, -0.15) is 23.4 Å². The van der Waals surface area contributed by atoms with Gasteiger partial charge in [0.2, 0.25) is 0 Å². The Hall–Kier alpha value is -4.79. The van der Waals surface area contributed by atoms with Gasteiger partial charge in [0.15, 0.2) is 5.82 Å². The second-order valence-corrected chi connectivity index (χ2v) is 9.01. The van der Waals surface area contributed by atoms with E-state index < -0.39 is 46.2 Å². The summed E-state index contributed by atoms with van der Waals surface area (Å²) in [4.78, 5) is 31.6. The molecule has 9 nitrogen and oxygen atoms in total. The summed E-state index contributed by atoms with van der Waals surface area (Å²) < 4.78 is 71.2. The van der Waals surface area contributed by atoms with Crippen molar-refractivity contribution < 1.29 is 26.7 Å². The van der Waals surface area contributed by atoms with Crippen LogP contribution < -0.4 is 10.2 Å². The standard InChI is InChI=1S/C24H14F5N7O2S/c25-12-2-4-14(5-3-12)36-17(10-13(35-36)11-18-33-34-23(38)39-18)32-22(37)15-6-7-16(24(27,28)29)19(20(15)26)21-30-8-1-9-31-21/h1-10H,11H2,(H,32,37)(H,34,38). The second kappa shape index (κ2) is 10.2. The first kappa shape index (κ1) is 25.8. The number of benzene rings is 2. The SMILES string of the molecule is O=C(Nc1cc(Cc2n[nH]c(=O)s2)nn1-c1ccc(F)cc1)c1ccc(C(F)(F)F)c(-c2ncccn2)c1F. The molecule has 0 unspecified atom stereocenters. The summed E-state index contributed by atoms with van der Waals surface area (Å²) in [5.74, 6) is -3.63. The summed E-state index contributed by atoms with van der Waals surface area (Å²) in [7, 11) is 0. The molecule has 0 radical (unpaired) electrons. The Morgan fingerprint density at radius 1 is 1.05 bits per heavy atom. The molecule has 3 aromatic heterocycles. The van der Waals surface area contributed by atoms with Gasteiger partial charge in [-0.3, -0.25) is 9.59 Å². The number of aromatic nitrogens is 6. The van der Waals surface area contributed by atoms with Crippen LogP contribution in [0, 0.1) is 11.6 Å². The Balaban J connectivity index is 1.55. The van der Waals surface area contributed by atoms with Gasteiger partial charge in [0.25, 0.3) is 5.91 Å². The van der Waals surface area contributed by atoms with Crippen LogP contribution in [0.25, 0.3) is 17.1 Å². The van der Waals surface area contributed by atoms with Gasteiger partial charge in [0.1, 0.15) is 22.5 Å². The minimum Gasteiger partial charge on any atom is -0.306 e. The zero-order valence-electron chi connectivity index (χ0n) is 19.3. The summed E-state index contributed by atoms with van der Waals surface area (Å²) in [5.41, 5.74) is -2.37. The Morgan fingerprint density at radius 2 is 1.77 bits per heavy atom. The fourth-order valence-electron chi connectivity index (χ4n) is 3.69. The maximum absolute atomic E-state index is 15.5. The summed E-state index contributed by atoms with van der Waals surface area (Å²) in [6.45, 7) is 0. The number of hydrogen-bond acceptors (Lipinski definition) is 7. The van der Waals surface area contributed by atoms with Crippen molar-refractivity contribution in [3.05, 3.63) is 104 Å². The molecule has 0 bridgehead atoms. The number of anilines is 1. The van der Waals surface area contributed by atoms with Crippen LogP contribution in [-0.2, 0) is 12.6 Å². The molecule has 5 aromatic rings. The highest BCUT2D eigenvalue weighted by atomic mass is 32.1. The molecule has 2 N–H and O–H groups in total. The van der Waals surface area contributed by atoms with Crippen LogP contribution in [0.15, 0.2) is 65.7 Å². The molecule has 39 heavy (non-hydrogen) atoms. The molecule has 1 amide bonds. The fraction of sp³-hybridized carbons (Fsp3) is 0.0833. The first-order chi connectivity index (χ1) is 18.6. The number of rotatable bonds is 6. The molecule has 0 aliphatic heterocycles. The number of halogens is 5. The molecule has 2 aromatic carbocycles. The normalized spacial score (nSPS) is 11.5. The lowest BCUT2D eigenvalue weighted by atomic mass is 10.0. The van der Waals surface area contributed by atoms with E-state index in [0.717, 1.165) is 35.9 Å². The van der Waals surface area contributed by atoms with Crippen molar-refractivity contribution in [3.63, 3.8) is 0 Å². The van der Waals surface area contributed by atoms with Gasteiger partial charge >= 0.3 is 11.0 Å². The van der Waals surface area contributed by atoms with Gasteiger partial charge in [-0.1, -0.05) is 11.3 Å². The molecule has 0 aliphatic rings. The van der Waals surface area contributed by atoms with Gasteiger partial charge in [-0.05, 0) is 42.5 Å². The number of carbonyl (C=O) groups excluding carboxylic acids is 1. The molecule has 198 valence electrons. The third-order valence-corrected chi connectivity index (χ3v) is 6.12. The van der Waals surface area contributed by atoms with E-state index in [0.29, 0.717) is 28.5 Å². The minimum absolute atomic E-state index is 0.00120. The van der Waals surface area contributed by atoms with E-state index in [1.54, 1.807) is 0 Å². The lowest BCUT2D eigenvalue weighted by Gasteiger charge is -2.15. The number of aromatic amines is 1. The Morgan fingerprint density at radius 3 is 2.41 bits per heavy atom. The van der Waals surface area contributed by atoms with Crippen molar-refractivity contribution in [2.45, 2.75) is 12.6 Å². The molecule has 0 atom stereocenters. The summed E-state index contributed by atoms with van der Waals surface area (Å²) in [6, 6.07) is 9.10. The smallest absolute Gasteiger partial charge is 0.306 e. The summed E-state index contributed by atoms with van der Waals surface area (Å²) in [5, 5.41) is 13.3. The zero-order valence-corrected chi connectivity index (χ0v) is 20.1. The first-order valence-corrected chi connectivity index (χ1v) is 11.8. The minimum atomic E-state index is -4.95. The lowest BCUT2D eigenvalue weighted by molar-refractivity contribution is -0.137. The van der Waals surface area contributed by atoms with Crippen LogP contribution in [0.3, 0.4) is 0 Å². The second-order valence-electron chi connectivity index (χ2n) is 7.97. The van der Waals surface area contributed by atoms with Crippen LogP contribution >= 0.6 is 11.3 Å². The number of H-pyrrole nitrogens is 1. The molecule has 0 saturated heterocycles. The number of alkyl halides is 3. The highest BCUT2D eigenvalue weighted by Crippen LogP contribution is 2.38. The van der Waals surface area contributed by atoms with Gasteiger partial charge in [-0.25, -0.2) is 28.5 Å². The topological polar surface area (TPSA) is 118 Å². The van der Waals surface area contributed by atoms with Crippen molar-refractivity contribution in [2.24, 2.45) is 0 Å². The van der Waals surface area contributed by atoms with E-state index in [1.165, 1.54) is 28.9 Å². The molecular weight excluding hydrogens is 545 g/mol. The first-order valence-electron chi connectivity index (χ1n) is 11.0.